The summed E-state index contributed by atoms with van der Waals surface area (Å²) >= 11 is 0. The van der Waals surface area contributed by atoms with Crippen LogP contribution in [0.25, 0.3) is 22.2 Å². The number of pyridine rings is 1. The third-order valence-corrected chi connectivity index (χ3v) is 4.06. The third-order valence-electron chi connectivity index (χ3n) is 4.06. The molecule has 0 unspecified atom stereocenters. The maximum Gasteiger partial charge on any atom is 0.192 e. The van der Waals surface area contributed by atoms with Gasteiger partial charge in [-0.15, -0.1) is 0 Å². The third kappa shape index (κ3) is 1.77. The Morgan fingerprint density at radius 2 is 2.24 bits per heavy atom. The number of aromatic nitrogens is 2. The van der Waals surface area contributed by atoms with Crippen molar-refractivity contribution in [2.75, 3.05) is 7.11 Å². The van der Waals surface area contributed by atoms with E-state index in [-0.39, 0.29) is 5.43 Å². The Balaban J connectivity index is 2.06. The van der Waals surface area contributed by atoms with Gasteiger partial charge in [0.05, 0.1) is 24.4 Å². The number of benzene rings is 1. The molecule has 0 spiro atoms. The van der Waals surface area contributed by atoms with Crippen LogP contribution in [0.4, 0.5) is 0 Å². The summed E-state index contributed by atoms with van der Waals surface area (Å²) in [5.74, 6) is 1.25. The lowest BCUT2D eigenvalue weighted by Crippen LogP contribution is -2.10. The minimum Gasteiger partial charge on any atom is -0.496 e. The zero-order chi connectivity index (χ0) is 14.4. The summed E-state index contributed by atoms with van der Waals surface area (Å²) in [6.45, 7) is 0. The molecule has 0 aliphatic heterocycles. The van der Waals surface area contributed by atoms with Crippen LogP contribution in [0.15, 0.2) is 33.9 Å². The van der Waals surface area contributed by atoms with Crippen molar-refractivity contribution in [3.63, 3.8) is 0 Å². The number of nitrogens with one attached hydrogen (secondary N) is 1. The predicted molar refractivity (Wildman–Crippen MR) is 78.6 cm³/mol. The first-order chi connectivity index (χ1) is 10.3. The molecule has 0 fully saturated rings. The minimum atomic E-state index is 0.111. The standard InChI is InChI=1S/C16H14N2O3/c1-20-14-6-13-10(5-11(14)15-7-17-8-21-15)16(19)9-3-2-4-12(9)18-13/h5-8H,2-4H2,1H3,(H,18,19). The second-order valence-corrected chi connectivity index (χ2v) is 5.23. The number of ether oxygens (including phenoxy) is 1. The Labute approximate surface area is 120 Å². The fraction of sp³-hybridized carbons (Fsp3) is 0.250. The first-order valence-corrected chi connectivity index (χ1v) is 6.92. The van der Waals surface area contributed by atoms with Gasteiger partial charge in [0, 0.05) is 22.7 Å². The van der Waals surface area contributed by atoms with Crippen LogP contribution in [-0.2, 0) is 12.8 Å². The molecule has 0 bridgehead atoms. The van der Waals surface area contributed by atoms with Crippen molar-refractivity contribution in [3.8, 4) is 17.1 Å². The molecule has 0 saturated carbocycles. The maximum absolute atomic E-state index is 12.6. The Bertz CT molecular complexity index is 879. The summed E-state index contributed by atoms with van der Waals surface area (Å²) in [5, 5.41) is 0.669. The molecule has 2 heterocycles. The van der Waals surface area contributed by atoms with Gasteiger partial charge in [-0.2, -0.15) is 0 Å². The number of fused-ring (bicyclic) bond motifs is 2. The zero-order valence-corrected chi connectivity index (χ0v) is 11.6. The van der Waals surface area contributed by atoms with Gasteiger partial charge in [-0.1, -0.05) is 0 Å². The molecule has 0 atom stereocenters. The predicted octanol–water partition coefficient (Wildman–Crippen LogP) is 2.68. The van der Waals surface area contributed by atoms with Crippen molar-refractivity contribution in [2.45, 2.75) is 19.3 Å². The van der Waals surface area contributed by atoms with Gasteiger partial charge >= 0.3 is 0 Å². The average Bonchev–Trinajstić information content (AvgIpc) is 3.17. The van der Waals surface area contributed by atoms with Crippen molar-refractivity contribution in [3.05, 3.63) is 46.2 Å². The Morgan fingerprint density at radius 1 is 1.33 bits per heavy atom. The summed E-state index contributed by atoms with van der Waals surface area (Å²) in [6, 6.07) is 3.68. The number of methoxy groups -OCH3 is 1. The summed E-state index contributed by atoms with van der Waals surface area (Å²) in [4.78, 5) is 19.9. The van der Waals surface area contributed by atoms with Crippen LogP contribution in [0.5, 0.6) is 5.75 Å². The van der Waals surface area contributed by atoms with Crippen molar-refractivity contribution < 1.29 is 9.15 Å². The summed E-state index contributed by atoms with van der Waals surface area (Å²) in [7, 11) is 1.60. The molecule has 0 amide bonds. The number of aromatic amines is 1. The van der Waals surface area contributed by atoms with E-state index >= 15 is 0 Å². The van der Waals surface area contributed by atoms with E-state index in [4.69, 9.17) is 9.15 Å². The van der Waals surface area contributed by atoms with Gasteiger partial charge in [-0.3, -0.25) is 4.79 Å². The van der Waals surface area contributed by atoms with Crippen LogP contribution < -0.4 is 10.2 Å². The van der Waals surface area contributed by atoms with Crippen LogP contribution in [-0.4, -0.2) is 17.1 Å². The number of H-pyrrole nitrogens is 1. The summed E-state index contributed by atoms with van der Waals surface area (Å²) < 4.78 is 10.8. The number of nitrogens with zero attached hydrogens (tertiary/aromatic N) is 1. The van der Waals surface area contributed by atoms with Gasteiger partial charge in [0.2, 0.25) is 0 Å². The monoisotopic (exact) mass is 282 g/mol. The first kappa shape index (κ1) is 12.2. The van der Waals surface area contributed by atoms with Gasteiger partial charge < -0.3 is 14.1 Å². The SMILES string of the molecule is COc1cc2[nH]c3c(c(=O)c2cc1-c1cnco1)CCC3. The number of rotatable bonds is 2. The molecule has 0 saturated heterocycles. The van der Waals surface area contributed by atoms with Crippen molar-refractivity contribution in [1.29, 1.82) is 0 Å². The van der Waals surface area contributed by atoms with Gasteiger partial charge in [-0.05, 0) is 25.3 Å². The van der Waals surface area contributed by atoms with Crippen LogP contribution >= 0.6 is 0 Å². The Morgan fingerprint density at radius 3 is 3.00 bits per heavy atom. The zero-order valence-electron chi connectivity index (χ0n) is 11.6. The summed E-state index contributed by atoms with van der Waals surface area (Å²) in [6.07, 6.45) is 5.80. The molecule has 5 heteroatoms. The van der Waals surface area contributed by atoms with Crippen molar-refractivity contribution >= 4 is 10.9 Å². The number of hydrogen-bond acceptors (Lipinski definition) is 4. The lowest BCUT2D eigenvalue weighted by atomic mass is 10.0. The quantitative estimate of drug-likeness (QED) is 0.784. The summed E-state index contributed by atoms with van der Waals surface area (Å²) in [5.41, 5.74) is 3.63. The molecular weight excluding hydrogens is 268 g/mol. The van der Waals surface area contributed by atoms with Crippen molar-refractivity contribution in [1.82, 2.24) is 9.97 Å². The van der Waals surface area contributed by atoms with Gasteiger partial charge in [0.25, 0.3) is 0 Å². The van der Waals surface area contributed by atoms with E-state index in [1.807, 2.05) is 12.1 Å². The van der Waals surface area contributed by atoms with E-state index in [1.165, 1.54) is 6.39 Å². The highest BCUT2D eigenvalue weighted by Crippen LogP contribution is 2.33. The largest absolute Gasteiger partial charge is 0.496 e. The van der Waals surface area contributed by atoms with Gasteiger partial charge in [-0.25, -0.2) is 4.98 Å². The van der Waals surface area contributed by atoms with Gasteiger partial charge in [0.15, 0.2) is 17.6 Å². The number of aryl methyl sites for hydroxylation is 1. The van der Waals surface area contributed by atoms with E-state index in [1.54, 1.807) is 13.3 Å². The molecule has 0 radical (unpaired) electrons. The molecule has 2 aromatic heterocycles. The molecule has 1 aromatic carbocycles. The van der Waals surface area contributed by atoms with Crippen LogP contribution in [0.3, 0.4) is 0 Å². The van der Waals surface area contributed by atoms with E-state index in [0.29, 0.717) is 16.9 Å². The van der Waals surface area contributed by atoms with E-state index in [0.717, 1.165) is 41.6 Å². The second-order valence-electron chi connectivity index (χ2n) is 5.23. The minimum absolute atomic E-state index is 0.111. The molecule has 106 valence electrons. The molecule has 1 aliphatic rings. The average molecular weight is 282 g/mol. The maximum atomic E-state index is 12.6. The molecule has 1 aliphatic carbocycles. The van der Waals surface area contributed by atoms with Crippen LogP contribution in [0, 0.1) is 0 Å². The highest BCUT2D eigenvalue weighted by Gasteiger charge is 2.19. The second kappa shape index (κ2) is 4.48. The van der Waals surface area contributed by atoms with Crippen LogP contribution in [0.1, 0.15) is 17.7 Å². The van der Waals surface area contributed by atoms with E-state index in [2.05, 4.69) is 9.97 Å². The lowest BCUT2D eigenvalue weighted by molar-refractivity contribution is 0.415. The molecule has 3 aromatic rings. The number of oxazole rings is 1. The fourth-order valence-electron chi connectivity index (χ4n) is 3.04. The molecule has 21 heavy (non-hydrogen) atoms. The molecular formula is C16H14N2O3. The fourth-order valence-corrected chi connectivity index (χ4v) is 3.04. The first-order valence-electron chi connectivity index (χ1n) is 6.92. The number of hydrogen-bond donors (Lipinski definition) is 1. The topological polar surface area (TPSA) is 68.1 Å². The lowest BCUT2D eigenvalue weighted by Gasteiger charge is -2.10. The molecule has 1 N–H and O–H groups in total. The smallest absolute Gasteiger partial charge is 0.192 e. The molecule has 5 nitrogen and oxygen atoms in total. The van der Waals surface area contributed by atoms with Gasteiger partial charge in [0.1, 0.15) is 5.75 Å². The van der Waals surface area contributed by atoms with Crippen LogP contribution in [0.2, 0.25) is 0 Å². The normalized spacial score (nSPS) is 13.6. The van der Waals surface area contributed by atoms with E-state index in [9.17, 15) is 4.79 Å². The molecule has 4 rings (SSSR count). The Kier molecular flexibility index (Phi) is 2.60. The van der Waals surface area contributed by atoms with E-state index < -0.39 is 0 Å². The highest BCUT2D eigenvalue weighted by atomic mass is 16.5. The van der Waals surface area contributed by atoms with Crippen molar-refractivity contribution in [2.24, 2.45) is 0 Å². The Hall–Kier alpha value is -2.56. The highest BCUT2D eigenvalue weighted by molar-refractivity contribution is 5.87.